The van der Waals surface area contributed by atoms with Gasteiger partial charge in [0.15, 0.2) is 23.1 Å². The second-order valence-corrected chi connectivity index (χ2v) is 9.21. The number of hydrogen-bond donors (Lipinski definition) is 2. The molecule has 2 aliphatic rings. The van der Waals surface area contributed by atoms with Crippen molar-refractivity contribution < 1.29 is 23.8 Å². The highest BCUT2D eigenvalue weighted by atomic mass is 16.5. The maximum Gasteiger partial charge on any atom is 0.223 e. The van der Waals surface area contributed by atoms with Gasteiger partial charge in [-0.05, 0) is 37.8 Å². The average molecular weight is 513 g/mol. The first-order valence-corrected chi connectivity index (χ1v) is 12.7. The highest BCUT2D eigenvalue weighted by Crippen LogP contribution is 2.40. The zero-order valence-electron chi connectivity index (χ0n) is 21.8. The molecule has 1 aromatic carbocycles. The van der Waals surface area contributed by atoms with Crippen LogP contribution >= 0.6 is 0 Å². The minimum absolute atomic E-state index is 0.00130. The summed E-state index contributed by atoms with van der Waals surface area (Å²) < 4.78 is 16.2. The molecule has 2 aromatic rings. The molecule has 1 aromatic heterocycles. The molecule has 0 spiro atoms. The normalized spacial score (nSPS) is 16.0. The van der Waals surface area contributed by atoms with E-state index in [2.05, 4.69) is 25.7 Å². The minimum Gasteiger partial charge on any atom is -0.493 e. The Kier molecular flexibility index (Phi) is 8.86. The van der Waals surface area contributed by atoms with Crippen LogP contribution in [0.2, 0.25) is 0 Å². The topological polar surface area (TPSA) is 118 Å². The molecule has 2 amide bonds. The third-order valence-electron chi connectivity index (χ3n) is 6.85. The van der Waals surface area contributed by atoms with Crippen LogP contribution in [-0.2, 0) is 9.59 Å². The maximum absolute atomic E-state index is 12.6. The fourth-order valence-corrected chi connectivity index (χ4v) is 4.80. The number of aromatic nitrogens is 2. The van der Waals surface area contributed by atoms with Crippen molar-refractivity contribution in [3.05, 3.63) is 24.3 Å². The summed E-state index contributed by atoms with van der Waals surface area (Å²) in [7, 11) is 4.70. The summed E-state index contributed by atoms with van der Waals surface area (Å²) in [5.74, 6) is 3.30. The Morgan fingerprint density at radius 2 is 1.76 bits per heavy atom. The van der Waals surface area contributed by atoms with E-state index < -0.39 is 0 Å². The molecule has 0 saturated carbocycles. The number of carbonyl (C=O) groups is 2. The van der Waals surface area contributed by atoms with E-state index >= 15 is 0 Å². The fraction of sp³-hybridized carbons (Fsp3) is 0.538. The summed E-state index contributed by atoms with van der Waals surface area (Å²) in [6.07, 6.45) is 3.93. The van der Waals surface area contributed by atoms with E-state index in [-0.39, 0.29) is 17.7 Å². The third kappa shape index (κ3) is 6.52. The monoisotopic (exact) mass is 512 g/mol. The van der Waals surface area contributed by atoms with Crippen LogP contribution < -0.4 is 29.7 Å². The molecule has 37 heavy (non-hydrogen) atoms. The SMILES string of the molecule is COc1cc(Nc2ccc(N3CCC(C(=O)NCCCN4CCCC4=O)CC3)nn2)cc(OC)c1OC. The first-order valence-electron chi connectivity index (χ1n) is 12.7. The predicted molar refractivity (Wildman–Crippen MR) is 140 cm³/mol. The quantitative estimate of drug-likeness (QED) is 0.438. The van der Waals surface area contributed by atoms with E-state index in [1.165, 1.54) is 0 Å². The number of amides is 2. The van der Waals surface area contributed by atoms with Gasteiger partial charge < -0.3 is 34.6 Å². The predicted octanol–water partition coefficient (Wildman–Crippen LogP) is 2.59. The number of anilines is 3. The van der Waals surface area contributed by atoms with Crippen LogP contribution in [0.3, 0.4) is 0 Å². The van der Waals surface area contributed by atoms with Gasteiger partial charge in [-0.2, -0.15) is 0 Å². The van der Waals surface area contributed by atoms with Crippen molar-refractivity contribution in [2.75, 3.05) is 64.3 Å². The lowest BCUT2D eigenvalue weighted by atomic mass is 9.96. The number of rotatable bonds is 11. The van der Waals surface area contributed by atoms with Crippen molar-refractivity contribution >= 4 is 29.1 Å². The van der Waals surface area contributed by atoms with Gasteiger partial charge in [0.1, 0.15) is 0 Å². The number of nitrogens with one attached hydrogen (secondary N) is 2. The van der Waals surface area contributed by atoms with Crippen LogP contribution in [-0.4, -0.2) is 81.0 Å². The molecular formula is C26H36N6O5. The molecule has 2 fully saturated rings. The van der Waals surface area contributed by atoms with Gasteiger partial charge in [-0.3, -0.25) is 9.59 Å². The van der Waals surface area contributed by atoms with Gasteiger partial charge in [0.2, 0.25) is 17.6 Å². The van der Waals surface area contributed by atoms with Gasteiger partial charge in [-0.15, -0.1) is 10.2 Å². The molecule has 2 saturated heterocycles. The van der Waals surface area contributed by atoms with Gasteiger partial charge in [0, 0.05) is 62.9 Å². The molecule has 2 N–H and O–H groups in total. The first-order chi connectivity index (χ1) is 18.0. The Morgan fingerprint density at radius 3 is 2.32 bits per heavy atom. The molecule has 4 rings (SSSR count). The second-order valence-electron chi connectivity index (χ2n) is 9.21. The summed E-state index contributed by atoms with van der Waals surface area (Å²) in [5, 5.41) is 15.0. The van der Waals surface area contributed by atoms with Crippen molar-refractivity contribution in [1.82, 2.24) is 20.4 Å². The summed E-state index contributed by atoms with van der Waals surface area (Å²) in [6.45, 7) is 3.66. The third-order valence-corrected chi connectivity index (χ3v) is 6.85. The van der Waals surface area contributed by atoms with Gasteiger partial charge >= 0.3 is 0 Å². The maximum atomic E-state index is 12.6. The van der Waals surface area contributed by atoms with E-state index in [1.807, 2.05) is 17.0 Å². The van der Waals surface area contributed by atoms with Gasteiger partial charge in [0.05, 0.1) is 21.3 Å². The fourth-order valence-electron chi connectivity index (χ4n) is 4.80. The van der Waals surface area contributed by atoms with Crippen molar-refractivity contribution in [2.45, 2.75) is 32.1 Å². The summed E-state index contributed by atoms with van der Waals surface area (Å²) in [6, 6.07) is 7.40. The Bertz CT molecular complexity index is 1050. The zero-order chi connectivity index (χ0) is 26.2. The smallest absolute Gasteiger partial charge is 0.223 e. The number of ether oxygens (including phenoxy) is 3. The average Bonchev–Trinajstić information content (AvgIpc) is 3.35. The van der Waals surface area contributed by atoms with Crippen molar-refractivity contribution in [2.24, 2.45) is 5.92 Å². The van der Waals surface area contributed by atoms with Crippen molar-refractivity contribution in [1.29, 1.82) is 0 Å². The van der Waals surface area contributed by atoms with Crippen LogP contribution in [0.1, 0.15) is 32.1 Å². The lowest BCUT2D eigenvalue weighted by molar-refractivity contribution is -0.127. The number of piperidine rings is 1. The van der Waals surface area contributed by atoms with E-state index in [1.54, 1.807) is 33.5 Å². The van der Waals surface area contributed by atoms with E-state index in [0.717, 1.165) is 63.4 Å². The van der Waals surface area contributed by atoms with E-state index in [0.29, 0.717) is 36.0 Å². The molecule has 0 bridgehead atoms. The molecule has 0 aliphatic carbocycles. The number of methoxy groups -OCH3 is 3. The van der Waals surface area contributed by atoms with Gasteiger partial charge in [-0.25, -0.2) is 0 Å². The number of carbonyl (C=O) groups excluding carboxylic acids is 2. The summed E-state index contributed by atoms with van der Waals surface area (Å²) in [5.41, 5.74) is 0.732. The van der Waals surface area contributed by atoms with Crippen LogP contribution in [0.25, 0.3) is 0 Å². The van der Waals surface area contributed by atoms with Gasteiger partial charge in [-0.1, -0.05) is 0 Å². The van der Waals surface area contributed by atoms with Crippen molar-refractivity contribution in [3.63, 3.8) is 0 Å². The highest BCUT2D eigenvalue weighted by Gasteiger charge is 2.26. The van der Waals surface area contributed by atoms with E-state index in [9.17, 15) is 9.59 Å². The zero-order valence-corrected chi connectivity index (χ0v) is 21.8. The summed E-state index contributed by atoms with van der Waals surface area (Å²) in [4.78, 5) is 28.3. The Labute approximate surface area is 217 Å². The number of hydrogen-bond acceptors (Lipinski definition) is 9. The first kappa shape index (κ1) is 26.3. The molecule has 11 nitrogen and oxygen atoms in total. The molecule has 0 atom stereocenters. The van der Waals surface area contributed by atoms with Crippen LogP contribution in [0, 0.1) is 5.92 Å². The number of nitrogens with zero attached hydrogens (tertiary/aromatic N) is 4. The Hall–Kier alpha value is -3.76. The lowest BCUT2D eigenvalue weighted by Gasteiger charge is -2.31. The van der Waals surface area contributed by atoms with Crippen LogP contribution in [0.4, 0.5) is 17.3 Å². The van der Waals surface area contributed by atoms with E-state index in [4.69, 9.17) is 14.2 Å². The van der Waals surface area contributed by atoms with Crippen LogP contribution in [0.15, 0.2) is 24.3 Å². The molecule has 200 valence electrons. The minimum atomic E-state index is -0.00130. The lowest BCUT2D eigenvalue weighted by Crippen LogP contribution is -2.41. The van der Waals surface area contributed by atoms with Crippen molar-refractivity contribution in [3.8, 4) is 17.2 Å². The highest BCUT2D eigenvalue weighted by molar-refractivity contribution is 5.79. The molecular weight excluding hydrogens is 476 g/mol. The standard InChI is InChI=1S/C26H36N6O5/c1-35-20-16-19(17-21(36-2)25(20)37-3)28-22-7-8-23(30-29-22)31-14-9-18(10-15-31)26(34)27-11-5-13-32-12-4-6-24(32)33/h7-8,16-18H,4-6,9-15H2,1-3H3,(H,27,34)(H,28,29). The second kappa shape index (κ2) is 12.5. The largest absolute Gasteiger partial charge is 0.493 e. The Morgan fingerprint density at radius 1 is 1.03 bits per heavy atom. The Balaban J connectivity index is 1.24. The van der Waals surface area contributed by atoms with Gasteiger partial charge in [0.25, 0.3) is 0 Å². The van der Waals surface area contributed by atoms with Crippen LogP contribution in [0.5, 0.6) is 17.2 Å². The summed E-state index contributed by atoms with van der Waals surface area (Å²) >= 11 is 0. The molecule has 3 heterocycles. The molecule has 0 radical (unpaired) electrons. The number of likely N-dealkylation sites (tertiary alicyclic amines) is 1. The molecule has 0 unspecified atom stereocenters. The molecule has 11 heteroatoms. The number of benzene rings is 1. The molecule has 2 aliphatic heterocycles.